The first kappa shape index (κ1) is 21.0. The van der Waals surface area contributed by atoms with Gasteiger partial charge < -0.3 is 10.1 Å². The molecule has 1 amide bonds. The first-order valence-electron chi connectivity index (χ1n) is 9.13. The molecule has 0 bridgehead atoms. The molecule has 0 saturated carbocycles. The van der Waals surface area contributed by atoms with Gasteiger partial charge >= 0.3 is 0 Å². The van der Waals surface area contributed by atoms with E-state index < -0.39 is 6.10 Å². The number of ether oxygens (including phenoxy) is 1. The first-order chi connectivity index (χ1) is 12.8. The monoisotopic (exact) mass is 391 g/mol. The molecule has 0 fully saturated rings. The highest BCUT2D eigenvalue weighted by Gasteiger charge is 2.19. The number of benzene rings is 1. The fourth-order valence-corrected chi connectivity index (χ4v) is 2.67. The Morgan fingerprint density at radius 3 is 2.70 bits per heavy atom. The molecule has 146 valence electrons. The topological polar surface area (TPSA) is 73.2 Å². The summed E-state index contributed by atoms with van der Waals surface area (Å²) in [6, 6.07) is 8.08. The summed E-state index contributed by atoms with van der Waals surface area (Å²) in [5.74, 6) is 0.536. The summed E-state index contributed by atoms with van der Waals surface area (Å²) in [5.41, 5.74) is 1.12. The number of aromatic nitrogens is 2. The molecule has 1 atom stereocenters. The smallest absolute Gasteiger partial charge is 0.271 e. The van der Waals surface area contributed by atoms with E-state index >= 15 is 0 Å². The van der Waals surface area contributed by atoms with E-state index in [0.29, 0.717) is 29.6 Å². The minimum Gasteiger partial charge on any atom is -0.463 e. The predicted octanol–water partition coefficient (Wildman–Crippen LogP) is 3.51. The highest BCUT2D eigenvalue weighted by atomic mass is 35.5. The summed E-state index contributed by atoms with van der Waals surface area (Å²) in [5, 5.41) is 7.65. The second-order valence-corrected chi connectivity index (χ2v) is 7.28. The Balaban J connectivity index is 2.20. The zero-order chi connectivity index (χ0) is 20.0. The molecule has 1 aromatic heterocycles. The lowest BCUT2D eigenvalue weighted by Crippen LogP contribution is -2.39. The number of carbonyl (C=O) groups is 1. The molecule has 0 aliphatic heterocycles. The van der Waals surface area contributed by atoms with Crippen molar-refractivity contribution in [2.24, 2.45) is 5.92 Å². The third-order valence-corrected chi connectivity index (χ3v) is 4.36. The maximum absolute atomic E-state index is 12.3. The van der Waals surface area contributed by atoms with E-state index in [2.05, 4.69) is 24.3 Å². The van der Waals surface area contributed by atoms with Crippen molar-refractivity contribution in [1.29, 1.82) is 0 Å². The van der Waals surface area contributed by atoms with E-state index in [1.807, 2.05) is 19.9 Å². The van der Waals surface area contributed by atoms with Crippen molar-refractivity contribution in [2.75, 3.05) is 6.54 Å². The average Bonchev–Trinajstić information content (AvgIpc) is 2.62. The molecule has 0 aliphatic rings. The molecule has 0 saturated heterocycles. The average molecular weight is 392 g/mol. The van der Waals surface area contributed by atoms with E-state index in [0.717, 1.165) is 12.0 Å². The highest BCUT2D eigenvalue weighted by Crippen LogP contribution is 2.18. The minimum atomic E-state index is -0.670. The van der Waals surface area contributed by atoms with Crippen LogP contribution < -0.4 is 15.6 Å². The third-order valence-electron chi connectivity index (χ3n) is 4.12. The molecule has 0 unspecified atom stereocenters. The lowest BCUT2D eigenvalue weighted by Gasteiger charge is -2.18. The zero-order valence-corrected chi connectivity index (χ0v) is 16.9. The summed E-state index contributed by atoms with van der Waals surface area (Å²) in [6.45, 7) is 8.54. The van der Waals surface area contributed by atoms with Crippen LogP contribution in [0.2, 0.25) is 5.02 Å². The van der Waals surface area contributed by atoms with Gasteiger partial charge in [-0.2, -0.15) is 4.68 Å². The fourth-order valence-electron chi connectivity index (χ4n) is 2.51. The largest absolute Gasteiger partial charge is 0.463 e. The molecule has 1 aromatic carbocycles. The Labute approximate surface area is 164 Å². The van der Waals surface area contributed by atoms with Crippen LogP contribution in [0.4, 0.5) is 0 Å². The minimum absolute atomic E-state index is 0.184. The summed E-state index contributed by atoms with van der Waals surface area (Å²) in [7, 11) is 0. The van der Waals surface area contributed by atoms with Gasteiger partial charge in [0.25, 0.3) is 11.5 Å². The number of hydrogen-bond acceptors (Lipinski definition) is 4. The fraction of sp³-hybridized carbons (Fsp3) is 0.450. The molecule has 2 aromatic rings. The molecule has 1 N–H and O–H groups in total. The zero-order valence-electron chi connectivity index (χ0n) is 16.2. The number of nitrogens with one attached hydrogen (secondary N) is 1. The van der Waals surface area contributed by atoms with Crippen molar-refractivity contribution in [2.45, 2.75) is 46.6 Å². The number of aryl methyl sites for hydroxylation is 1. The van der Waals surface area contributed by atoms with Crippen LogP contribution in [0.3, 0.4) is 0 Å². The molecular formula is C20H26ClN3O3. The van der Waals surface area contributed by atoms with Crippen molar-refractivity contribution in [3.8, 4) is 11.6 Å². The van der Waals surface area contributed by atoms with Crippen LogP contribution in [0.5, 0.6) is 5.88 Å². The molecule has 2 rings (SSSR count). The van der Waals surface area contributed by atoms with Crippen molar-refractivity contribution in [1.82, 2.24) is 15.1 Å². The van der Waals surface area contributed by atoms with Gasteiger partial charge in [-0.1, -0.05) is 38.4 Å². The second kappa shape index (κ2) is 9.55. The summed E-state index contributed by atoms with van der Waals surface area (Å²) >= 11 is 6.05. The van der Waals surface area contributed by atoms with Crippen LogP contribution in [-0.2, 0) is 4.79 Å². The Hall–Kier alpha value is -2.34. The first-order valence-corrected chi connectivity index (χ1v) is 9.51. The molecule has 6 nitrogen and oxygen atoms in total. The normalized spacial score (nSPS) is 12.1. The number of hydrogen-bond donors (Lipinski definition) is 1. The lowest BCUT2D eigenvalue weighted by molar-refractivity contribution is -0.128. The number of rotatable bonds is 8. The van der Waals surface area contributed by atoms with Crippen LogP contribution >= 0.6 is 11.6 Å². The Morgan fingerprint density at radius 2 is 2.04 bits per heavy atom. The van der Waals surface area contributed by atoms with Crippen LogP contribution in [0.25, 0.3) is 5.69 Å². The maximum Gasteiger partial charge on any atom is 0.271 e. The Kier molecular flexibility index (Phi) is 7.42. The molecule has 1 heterocycles. The van der Waals surface area contributed by atoms with Gasteiger partial charge in [-0.25, -0.2) is 0 Å². The van der Waals surface area contributed by atoms with E-state index in [1.54, 1.807) is 12.1 Å². The van der Waals surface area contributed by atoms with Gasteiger partial charge in [0.2, 0.25) is 5.88 Å². The number of carbonyl (C=O) groups excluding carboxylic acids is 1. The van der Waals surface area contributed by atoms with Gasteiger partial charge in [-0.05, 0) is 43.4 Å². The summed E-state index contributed by atoms with van der Waals surface area (Å²) in [4.78, 5) is 24.6. The Morgan fingerprint density at radius 1 is 1.30 bits per heavy atom. The summed E-state index contributed by atoms with van der Waals surface area (Å²) < 4.78 is 6.99. The van der Waals surface area contributed by atoms with Gasteiger partial charge in [0.05, 0.1) is 5.69 Å². The third kappa shape index (κ3) is 5.82. The number of nitrogens with zero attached hydrogens (tertiary/aromatic N) is 2. The van der Waals surface area contributed by atoms with Crippen molar-refractivity contribution < 1.29 is 9.53 Å². The van der Waals surface area contributed by atoms with Gasteiger partial charge in [0, 0.05) is 23.7 Å². The summed E-state index contributed by atoms with van der Waals surface area (Å²) in [6.07, 6.45) is 0.722. The maximum atomic E-state index is 12.3. The number of halogens is 1. The van der Waals surface area contributed by atoms with Gasteiger partial charge in [0.15, 0.2) is 6.10 Å². The van der Waals surface area contributed by atoms with E-state index in [4.69, 9.17) is 16.3 Å². The standard InChI is InChI=1S/C20H26ClN3O3/c1-5-17(20(26)22-11-10-13(2)3)27-18-8-9-19(25)24(23-18)16-12-15(21)7-6-14(16)4/h6-9,12-13,17H,5,10-11H2,1-4H3,(H,22,26)/t17-/m1/s1. The van der Waals surface area contributed by atoms with E-state index in [9.17, 15) is 9.59 Å². The van der Waals surface area contributed by atoms with Crippen molar-refractivity contribution in [3.05, 3.63) is 51.3 Å². The van der Waals surface area contributed by atoms with Gasteiger partial charge in [-0.3, -0.25) is 9.59 Å². The van der Waals surface area contributed by atoms with Crippen LogP contribution in [0.1, 0.15) is 39.2 Å². The second-order valence-electron chi connectivity index (χ2n) is 6.84. The quantitative estimate of drug-likeness (QED) is 0.747. The van der Waals surface area contributed by atoms with Gasteiger partial charge in [-0.15, -0.1) is 5.10 Å². The Bertz CT molecular complexity index is 849. The van der Waals surface area contributed by atoms with E-state index in [-0.39, 0.29) is 17.3 Å². The number of amides is 1. The molecule has 0 aliphatic carbocycles. The molecular weight excluding hydrogens is 366 g/mol. The molecule has 0 radical (unpaired) electrons. The van der Waals surface area contributed by atoms with E-state index in [1.165, 1.54) is 16.8 Å². The van der Waals surface area contributed by atoms with Crippen LogP contribution in [0.15, 0.2) is 35.1 Å². The van der Waals surface area contributed by atoms with Gasteiger partial charge in [0.1, 0.15) is 0 Å². The highest BCUT2D eigenvalue weighted by molar-refractivity contribution is 6.30. The van der Waals surface area contributed by atoms with Crippen molar-refractivity contribution in [3.63, 3.8) is 0 Å². The van der Waals surface area contributed by atoms with Crippen LogP contribution in [0, 0.1) is 12.8 Å². The van der Waals surface area contributed by atoms with Crippen LogP contribution in [-0.4, -0.2) is 28.3 Å². The lowest BCUT2D eigenvalue weighted by atomic mass is 10.1. The predicted molar refractivity (Wildman–Crippen MR) is 107 cm³/mol. The SMILES string of the molecule is CC[C@@H](Oc1ccc(=O)n(-c2cc(Cl)ccc2C)n1)C(=O)NCCC(C)C. The van der Waals surface area contributed by atoms with Crippen molar-refractivity contribution >= 4 is 17.5 Å². The molecule has 7 heteroatoms. The molecule has 0 spiro atoms. The molecule has 27 heavy (non-hydrogen) atoms.